The molecule has 0 aliphatic carbocycles. The molecule has 0 aliphatic rings. The Morgan fingerprint density at radius 2 is 2.06 bits per heavy atom. The first-order chi connectivity index (χ1) is 8.15. The Kier molecular flexibility index (Phi) is 3.24. The van der Waals surface area contributed by atoms with Crippen molar-refractivity contribution in [1.29, 1.82) is 0 Å². The molecule has 1 unspecified atom stereocenters. The van der Waals surface area contributed by atoms with Gasteiger partial charge < -0.3 is 20.2 Å². The molecular formula is C13H18N2O2. The molecule has 4 heteroatoms. The Labute approximate surface area is 101 Å². The van der Waals surface area contributed by atoms with Gasteiger partial charge in [-0.25, -0.2) is 0 Å². The van der Waals surface area contributed by atoms with Crippen LogP contribution in [0.2, 0.25) is 0 Å². The Morgan fingerprint density at radius 1 is 1.29 bits per heavy atom. The van der Waals surface area contributed by atoms with E-state index in [2.05, 4.69) is 4.98 Å². The number of hydrogen-bond donors (Lipinski definition) is 2. The first kappa shape index (κ1) is 11.8. The van der Waals surface area contributed by atoms with Crippen molar-refractivity contribution < 1.29 is 9.47 Å². The molecule has 4 nitrogen and oxygen atoms in total. The average molecular weight is 234 g/mol. The molecule has 0 radical (unpaired) electrons. The van der Waals surface area contributed by atoms with Gasteiger partial charge in [-0.3, -0.25) is 0 Å². The van der Waals surface area contributed by atoms with Crippen LogP contribution in [0.25, 0.3) is 10.9 Å². The van der Waals surface area contributed by atoms with Crippen molar-refractivity contribution in [2.45, 2.75) is 19.4 Å². The van der Waals surface area contributed by atoms with Gasteiger partial charge in [0, 0.05) is 29.8 Å². The zero-order valence-corrected chi connectivity index (χ0v) is 10.4. The maximum absolute atomic E-state index is 5.84. The summed E-state index contributed by atoms with van der Waals surface area (Å²) in [6.45, 7) is 1.99. The lowest BCUT2D eigenvalue weighted by Crippen LogP contribution is -2.17. The third kappa shape index (κ3) is 2.22. The predicted octanol–water partition coefficient (Wildman–Crippen LogP) is 2.07. The second kappa shape index (κ2) is 4.67. The summed E-state index contributed by atoms with van der Waals surface area (Å²) in [5.74, 6) is 1.60. The van der Waals surface area contributed by atoms with Crippen molar-refractivity contribution in [1.82, 2.24) is 4.98 Å². The summed E-state index contributed by atoms with van der Waals surface area (Å²) in [4.78, 5) is 3.23. The van der Waals surface area contributed by atoms with Crippen molar-refractivity contribution in [2.75, 3.05) is 14.2 Å². The molecule has 2 rings (SSSR count). The van der Waals surface area contributed by atoms with E-state index in [1.54, 1.807) is 14.2 Å². The fraction of sp³-hybridized carbons (Fsp3) is 0.385. The van der Waals surface area contributed by atoms with Crippen LogP contribution in [0, 0.1) is 0 Å². The summed E-state index contributed by atoms with van der Waals surface area (Å²) in [6, 6.07) is 3.98. The van der Waals surface area contributed by atoms with Gasteiger partial charge in [-0.05, 0) is 18.9 Å². The van der Waals surface area contributed by atoms with E-state index in [1.165, 1.54) is 5.56 Å². The lowest BCUT2D eigenvalue weighted by Gasteiger charge is -2.09. The lowest BCUT2D eigenvalue weighted by molar-refractivity contribution is 0.398. The lowest BCUT2D eigenvalue weighted by atomic mass is 10.1. The minimum Gasteiger partial charge on any atom is -0.497 e. The second-order valence-electron chi connectivity index (χ2n) is 4.25. The highest BCUT2D eigenvalue weighted by Crippen LogP contribution is 2.33. The predicted molar refractivity (Wildman–Crippen MR) is 68.8 cm³/mol. The number of fused-ring (bicyclic) bond motifs is 1. The van der Waals surface area contributed by atoms with Crippen LogP contribution in [0.4, 0.5) is 0 Å². The zero-order chi connectivity index (χ0) is 12.4. The van der Waals surface area contributed by atoms with E-state index < -0.39 is 0 Å². The van der Waals surface area contributed by atoms with E-state index in [0.717, 1.165) is 28.8 Å². The van der Waals surface area contributed by atoms with Crippen molar-refractivity contribution in [2.24, 2.45) is 5.73 Å². The average Bonchev–Trinajstić information content (AvgIpc) is 2.70. The topological polar surface area (TPSA) is 60.3 Å². The molecule has 1 aromatic heterocycles. The molecule has 0 aliphatic heterocycles. The SMILES string of the molecule is COc1cc(OC)c2c(CC(C)N)c[nH]c2c1. The Morgan fingerprint density at radius 3 is 2.65 bits per heavy atom. The third-order valence-electron chi connectivity index (χ3n) is 2.80. The largest absolute Gasteiger partial charge is 0.497 e. The summed E-state index contributed by atoms with van der Waals surface area (Å²) in [7, 11) is 3.31. The van der Waals surface area contributed by atoms with E-state index in [-0.39, 0.29) is 6.04 Å². The van der Waals surface area contributed by atoms with Gasteiger partial charge in [-0.2, -0.15) is 0 Å². The minimum absolute atomic E-state index is 0.126. The smallest absolute Gasteiger partial charge is 0.132 e. The quantitative estimate of drug-likeness (QED) is 0.851. The maximum Gasteiger partial charge on any atom is 0.132 e. The highest BCUT2D eigenvalue weighted by molar-refractivity contribution is 5.90. The van der Waals surface area contributed by atoms with Crippen LogP contribution in [0.3, 0.4) is 0 Å². The van der Waals surface area contributed by atoms with Gasteiger partial charge in [0.15, 0.2) is 0 Å². The molecule has 0 fully saturated rings. The number of aromatic amines is 1. The Hall–Kier alpha value is -1.68. The van der Waals surface area contributed by atoms with Gasteiger partial charge in [0.1, 0.15) is 11.5 Å². The summed E-state index contributed by atoms with van der Waals surface area (Å²) in [5.41, 5.74) is 8.03. The van der Waals surface area contributed by atoms with Gasteiger partial charge >= 0.3 is 0 Å². The van der Waals surface area contributed by atoms with Crippen LogP contribution in [0.15, 0.2) is 18.3 Å². The van der Waals surface area contributed by atoms with Crippen LogP contribution in [0.1, 0.15) is 12.5 Å². The van der Waals surface area contributed by atoms with Crippen molar-refractivity contribution in [3.63, 3.8) is 0 Å². The number of benzene rings is 1. The molecule has 3 N–H and O–H groups in total. The van der Waals surface area contributed by atoms with Gasteiger partial charge in [0.05, 0.1) is 19.7 Å². The number of rotatable bonds is 4. The highest BCUT2D eigenvalue weighted by atomic mass is 16.5. The number of ether oxygens (including phenoxy) is 2. The molecule has 1 heterocycles. The number of hydrogen-bond acceptors (Lipinski definition) is 3. The van der Waals surface area contributed by atoms with Crippen LogP contribution >= 0.6 is 0 Å². The molecule has 0 saturated heterocycles. The number of methoxy groups -OCH3 is 2. The molecule has 0 spiro atoms. The van der Waals surface area contributed by atoms with E-state index >= 15 is 0 Å². The maximum atomic E-state index is 5.84. The van der Waals surface area contributed by atoms with Gasteiger partial charge in [-0.15, -0.1) is 0 Å². The van der Waals surface area contributed by atoms with E-state index in [1.807, 2.05) is 25.3 Å². The summed E-state index contributed by atoms with van der Waals surface area (Å²) >= 11 is 0. The standard InChI is InChI=1S/C13H18N2O2/c1-8(14)4-9-7-15-11-5-10(16-2)6-12(17-3)13(9)11/h5-8,15H,4,14H2,1-3H3. The molecule has 0 saturated carbocycles. The van der Waals surface area contributed by atoms with Crippen LogP contribution < -0.4 is 15.2 Å². The van der Waals surface area contributed by atoms with Gasteiger partial charge in [0.2, 0.25) is 0 Å². The minimum atomic E-state index is 0.126. The monoisotopic (exact) mass is 234 g/mol. The fourth-order valence-corrected chi connectivity index (χ4v) is 2.06. The number of nitrogens with one attached hydrogen (secondary N) is 1. The summed E-state index contributed by atoms with van der Waals surface area (Å²) < 4.78 is 10.6. The molecule has 1 atom stereocenters. The molecule has 92 valence electrons. The molecule has 2 aromatic rings. The van der Waals surface area contributed by atoms with E-state index in [4.69, 9.17) is 15.2 Å². The van der Waals surface area contributed by atoms with Gasteiger partial charge in [0.25, 0.3) is 0 Å². The normalized spacial score (nSPS) is 12.7. The van der Waals surface area contributed by atoms with Crippen LogP contribution in [-0.4, -0.2) is 25.2 Å². The number of H-pyrrole nitrogens is 1. The van der Waals surface area contributed by atoms with E-state index in [0.29, 0.717) is 0 Å². The third-order valence-corrected chi connectivity index (χ3v) is 2.80. The van der Waals surface area contributed by atoms with Crippen LogP contribution in [-0.2, 0) is 6.42 Å². The fourth-order valence-electron chi connectivity index (χ4n) is 2.06. The first-order valence-electron chi connectivity index (χ1n) is 5.63. The van der Waals surface area contributed by atoms with Crippen molar-refractivity contribution >= 4 is 10.9 Å². The van der Waals surface area contributed by atoms with Crippen molar-refractivity contribution in [3.8, 4) is 11.5 Å². The first-order valence-corrected chi connectivity index (χ1v) is 5.63. The Balaban J connectivity index is 2.58. The second-order valence-corrected chi connectivity index (χ2v) is 4.25. The molecule has 17 heavy (non-hydrogen) atoms. The Bertz CT molecular complexity index is 517. The van der Waals surface area contributed by atoms with Gasteiger partial charge in [-0.1, -0.05) is 0 Å². The van der Waals surface area contributed by atoms with Crippen molar-refractivity contribution in [3.05, 3.63) is 23.9 Å². The zero-order valence-electron chi connectivity index (χ0n) is 10.4. The van der Waals surface area contributed by atoms with E-state index in [9.17, 15) is 0 Å². The molecule has 0 bridgehead atoms. The van der Waals surface area contributed by atoms with Crippen LogP contribution in [0.5, 0.6) is 11.5 Å². The molecular weight excluding hydrogens is 216 g/mol. The number of nitrogens with two attached hydrogens (primary N) is 1. The molecule has 0 amide bonds. The molecule has 1 aromatic carbocycles. The summed E-state index contributed by atoms with van der Waals surface area (Å²) in [5, 5.41) is 1.09. The summed E-state index contributed by atoms with van der Waals surface area (Å²) in [6.07, 6.45) is 2.80. The number of aromatic nitrogens is 1. The highest BCUT2D eigenvalue weighted by Gasteiger charge is 2.12.